The highest BCUT2D eigenvalue weighted by Gasteiger charge is 2.23. The van der Waals surface area contributed by atoms with Gasteiger partial charge < -0.3 is 15.6 Å². The molecule has 8 nitrogen and oxygen atoms in total. The Labute approximate surface area is 133 Å². The van der Waals surface area contributed by atoms with Gasteiger partial charge in [0.1, 0.15) is 6.04 Å². The first-order valence-corrected chi connectivity index (χ1v) is 7.01. The molecule has 1 aromatic heterocycles. The maximum Gasteiger partial charge on any atom is 0.315 e. The fourth-order valence-corrected chi connectivity index (χ4v) is 2.21. The van der Waals surface area contributed by atoms with Crippen LogP contribution in [-0.4, -0.2) is 41.0 Å². The molecule has 23 heavy (non-hydrogen) atoms. The number of hydrogen-bond donors (Lipinski definition) is 2. The number of benzene rings is 1. The van der Waals surface area contributed by atoms with Gasteiger partial charge in [0.15, 0.2) is 5.82 Å². The molecule has 0 aliphatic heterocycles. The molecule has 0 spiro atoms. The number of carbonyl (C=O) groups is 2. The molecule has 1 atom stereocenters. The van der Waals surface area contributed by atoms with Crippen molar-refractivity contribution in [3.8, 4) is 0 Å². The minimum Gasteiger partial charge on any atom is -0.361 e. The number of amides is 2. The topological polar surface area (TPSA) is 114 Å². The number of rotatable bonds is 6. The van der Waals surface area contributed by atoms with Gasteiger partial charge >= 0.3 is 11.8 Å². The Hall–Kier alpha value is -2.74. The third-order valence-electron chi connectivity index (χ3n) is 3.22. The average molecular weight is 317 g/mol. The van der Waals surface area contributed by atoms with Gasteiger partial charge in [-0.25, -0.2) is 0 Å². The van der Waals surface area contributed by atoms with Crippen LogP contribution in [0.1, 0.15) is 33.7 Å². The second kappa shape index (κ2) is 7.01. The van der Waals surface area contributed by atoms with Crippen LogP contribution in [-0.2, 0) is 11.3 Å². The van der Waals surface area contributed by atoms with Crippen molar-refractivity contribution in [2.24, 2.45) is 5.73 Å². The fourth-order valence-electron chi connectivity index (χ4n) is 2.21. The van der Waals surface area contributed by atoms with E-state index in [4.69, 9.17) is 5.73 Å². The van der Waals surface area contributed by atoms with Gasteiger partial charge in [-0.05, 0) is 26.6 Å². The van der Waals surface area contributed by atoms with Gasteiger partial charge in [-0.1, -0.05) is 35.0 Å². The zero-order valence-corrected chi connectivity index (χ0v) is 13.2. The van der Waals surface area contributed by atoms with Crippen LogP contribution in [0.3, 0.4) is 0 Å². The summed E-state index contributed by atoms with van der Waals surface area (Å²) in [5, 5.41) is 6.32. The summed E-state index contributed by atoms with van der Waals surface area (Å²) in [4.78, 5) is 29.0. The van der Waals surface area contributed by atoms with Gasteiger partial charge in [0, 0.05) is 0 Å². The smallest absolute Gasteiger partial charge is 0.315 e. The van der Waals surface area contributed by atoms with Crippen LogP contribution in [0.25, 0.3) is 0 Å². The molecule has 0 saturated carbocycles. The number of nitrogens with one attached hydrogen (secondary N) is 1. The number of nitrogens with zero attached hydrogens (tertiary/aromatic N) is 3. The van der Waals surface area contributed by atoms with E-state index in [1.54, 1.807) is 0 Å². The van der Waals surface area contributed by atoms with E-state index < -0.39 is 11.9 Å². The number of hydrogen-bond acceptors (Lipinski definition) is 6. The number of likely N-dealkylation sites (N-methyl/N-ethyl adjacent to an activating group) is 1. The summed E-state index contributed by atoms with van der Waals surface area (Å²) >= 11 is 0. The molecule has 0 radical (unpaired) electrons. The molecule has 0 bridgehead atoms. The summed E-state index contributed by atoms with van der Waals surface area (Å²) in [6, 6.07) is 7.30. The van der Waals surface area contributed by atoms with Gasteiger partial charge in [0.2, 0.25) is 5.91 Å². The molecular formula is C15H19N5O3. The zero-order chi connectivity index (χ0) is 17.0. The van der Waals surface area contributed by atoms with Crippen LogP contribution in [0.15, 0.2) is 28.8 Å². The standard InChI is InChI=1S/C15H19N5O3/c1-9-5-4-6-10(7-9)12(20(2)3)14(22)17-8-11-18-15(13(16)21)23-19-11/h4-7,12H,8H2,1-3H3,(H2,16,21)(H,17,22)/t12-/m1/s1. The summed E-state index contributed by atoms with van der Waals surface area (Å²) < 4.78 is 4.67. The van der Waals surface area contributed by atoms with Crippen LogP contribution in [0.2, 0.25) is 0 Å². The van der Waals surface area contributed by atoms with Crippen molar-refractivity contribution in [1.82, 2.24) is 20.4 Å². The van der Waals surface area contributed by atoms with Crippen LogP contribution in [0.4, 0.5) is 0 Å². The average Bonchev–Trinajstić information content (AvgIpc) is 2.94. The lowest BCUT2D eigenvalue weighted by Gasteiger charge is -2.23. The van der Waals surface area contributed by atoms with E-state index in [0.29, 0.717) is 0 Å². The van der Waals surface area contributed by atoms with Crippen molar-refractivity contribution in [3.05, 3.63) is 47.1 Å². The highest BCUT2D eigenvalue weighted by atomic mass is 16.5. The third-order valence-corrected chi connectivity index (χ3v) is 3.22. The molecule has 3 N–H and O–H groups in total. The number of carbonyl (C=O) groups excluding carboxylic acids is 2. The summed E-state index contributed by atoms with van der Waals surface area (Å²) in [7, 11) is 3.65. The highest BCUT2D eigenvalue weighted by molar-refractivity contribution is 5.87. The number of aromatic nitrogens is 2. The molecule has 1 aromatic carbocycles. The lowest BCUT2D eigenvalue weighted by Crippen LogP contribution is -2.37. The Morgan fingerprint density at radius 3 is 2.70 bits per heavy atom. The zero-order valence-electron chi connectivity index (χ0n) is 13.2. The van der Waals surface area contributed by atoms with E-state index in [9.17, 15) is 9.59 Å². The second-order valence-electron chi connectivity index (χ2n) is 5.38. The van der Waals surface area contributed by atoms with Crippen molar-refractivity contribution in [3.63, 3.8) is 0 Å². The number of aryl methyl sites for hydroxylation is 1. The molecule has 0 fully saturated rings. The molecule has 122 valence electrons. The first-order chi connectivity index (χ1) is 10.9. The molecule has 1 heterocycles. The van der Waals surface area contributed by atoms with Crippen molar-refractivity contribution < 1.29 is 14.1 Å². The second-order valence-corrected chi connectivity index (χ2v) is 5.38. The summed E-state index contributed by atoms with van der Waals surface area (Å²) in [5.74, 6) is -1.10. The van der Waals surface area contributed by atoms with Crippen molar-refractivity contribution in [2.45, 2.75) is 19.5 Å². The predicted molar refractivity (Wildman–Crippen MR) is 82.3 cm³/mol. The summed E-state index contributed by atoms with van der Waals surface area (Å²) in [5.41, 5.74) is 6.99. The molecule has 0 aliphatic carbocycles. The van der Waals surface area contributed by atoms with E-state index in [1.807, 2.05) is 50.2 Å². The lowest BCUT2D eigenvalue weighted by molar-refractivity contribution is -0.126. The van der Waals surface area contributed by atoms with Crippen molar-refractivity contribution in [2.75, 3.05) is 14.1 Å². The Morgan fingerprint density at radius 2 is 2.13 bits per heavy atom. The molecule has 0 saturated heterocycles. The first-order valence-electron chi connectivity index (χ1n) is 7.01. The van der Waals surface area contributed by atoms with Crippen LogP contribution < -0.4 is 11.1 Å². The van der Waals surface area contributed by atoms with E-state index in [2.05, 4.69) is 20.0 Å². The number of primary amides is 1. The Morgan fingerprint density at radius 1 is 1.39 bits per heavy atom. The van der Waals surface area contributed by atoms with E-state index in [-0.39, 0.29) is 24.2 Å². The largest absolute Gasteiger partial charge is 0.361 e. The Kier molecular flexibility index (Phi) is 5.07. The lowest BCUT2D eigenvalue weighted by atomic mass is 10.0. The monoisotopic (exact) mass is 317 g/mol. The van der Waals surface area contributed by atoms with Gasteiger partial charge in [0.25, 0.3) is 0 Å². The maximum atomic E-state index is 12.5. The normalized spacial score (nSPS) is 12.2. The SMILES string of the molecule is Cc1cccc([C@H](C(=O)NCc2noc(C(N)=O)n2)N(C)C)c1. The van der Waals surface area contributed by atoms with Gasteiger partial charge in [-0.15, -0.1) is 0 Å². The van der Waals surface area contributed by atoms with Crippen molar-refractivity contribution in [1.29, 1.82) is 0 Å². The Bertz CT molecular complexity index is 711. The van der Waals surface area contributed by atoms with Crippen LogP contribution in [0, 0.1) is 6.92 Å². The molecule has 2 rings (SSSR count). The molecular weight excluding hydrogens is 298 g/mol. The molecule has 2 amide bonds. The molecule has 0 unspecified atom stereocenters. The Balaban J connectivity index is 2.08. The van der Waals surface area contributed by atoms with Gasteiger partial charge in [0.05, 0.1) is 6.54 Å². The van der Waals surface area contributed by atoms with Crippen LogP contribution >= 0.6 is 0 Å². The van der Waals surface area contributed by atoms with Crippen molar-refractivity contribution >= 4 is 11.8 Å². The molecule has 0 aliphatic rings. The highest BCUT2D eigenvalue weighted by Crippen LogP contribution is 2.19. The van der Waals surface area contributed by atoms with Gasteiger partial charge in [-0.3, -0.25) is 14.5 Å². The van der Waals surface area contributed by atoms with Crippen LogP contribution in [0.5, 0.6) is 0 Å². The summed E-state index contributed by atoms with van der Waals surface area (Å²) in [6.07, 6.45) is 0. The minimum atomic E-state index is -0.805. The number of nitrogens with two attached hydrogens (primary N) is 1. The fraction of sp³-hybridized carbons (Fsp3) is 0.333. The van der Waals surface area contributed by atoms with E-state index in [0.717, 1.165) is 11.1 Å². The third kappa shape index (κ3) is 4.13. The minimum absolute atomic E-state index is 0.0474. The quantitative estimate of drug-likeness (QED) is 0.797. The van der Waals surface area contributed by atoms with E-state index >= 15 is 0 Å². The molecule has 8 heteroatoms. The predicted octanol–water partition coefficient (Wildman–Crippen LogP) is 0.396. The maximum absolute atomic E-state index is 12.5. The van der Waals surface area contributed by atoms with Gasteiger partial charge in [-0.2, -0.15) is 4.98 Å². The van der Waals surface area contributed by atoms with E-state index in [1.165, 1.54) is 0 Å². The summed E-state index contributed by atoms with van der Waals surface area (Å²) in [6.45, 7) is 2.02. The molecule has 2 aromatic rings. The first kappa shape index (κ1) is 16.6.